The fourth-order valence-corrected chi connectivity index (χ4v) is 3.18. The highest BCUT2D eigenvalue weighted by Gasteiger charge is 2.35. The Labute approximate surface area is 164 Å². The highest BCUT2D eigenvalue weighted by Crippen LogP contribution is 2.24. The number of halogens is 3. The number of carbonyl (C=O) groups is 3. The Bertz CT molecular complexity index is 882. The van der Waals surface area contributed by atoms with Crippen molar-refractivity contribution < 1.29 is 32.3 Å². The molecular formula is C18H19F3N4O4. The van der Waals surface area contributed by atoms with E-state index >= 15 is 0 Å². The Morgan fingerprint density at radius 3 is 2.52 bits per heavy atom. The molecule has 4 amide bonds. The maximum absolute atomic E-state index is 13.4. The van der Waals surface area contributed by atoms with Crippen molar-refractivity contribution in [3.63, 3.8) is 0 Å². The number of amides is 4. The number of urea groups is 1. The minimum absolute atomic E-state index is 0.0635. The van der Waals surface area contributed by atoms with E-state index in [0.29, 0.717) is 18.6 Å². The van der Waals surface area contributed by atoms with E-state index < -0.39 is 41.5 Å². The summed E-state index contributed by atoms with van der Waals surface area (Å²) in [5, 5.41) is 2.27. The highest BCUT2D eigenvalue weighted by atomic mass is 19.2. The minimum atomic E-state index is -1.65. The summed E-state index contributed by atoms with van der Waals surface area (Å²) in [6.07, 6.45) is -0.148. The molecule has 156 valence electrons. The summed E-state index contributed by atoms with van der Waals surface area (Å²) in [5.41, 5.74) is 5.99. The molecule has 2 aliphatic heterocycles. The molecule has 3 N–H and O–H groups in total. The Hall–Kier alpha value is -3.24. The zero-order valence-corrected chi connectivity index (χ0v) is 15.5. The lowest BCUT2D eigenvalue weighted by molar-refractivity contribution is -0.127. The normalized spacial score (nSPS) is 19.9. The molecule has 8 nitrogen and oxygen atoms in total. The lowest BCUT2D eigenvalue weighted by Crippen LogP contribution is -2.51. The van der Waals surface area contributed by atoms with Gasteiger partial charge in [0, 0.05) is 42.5 Å². The van der Waals surface area contributed by atoms with E-state index in [1.165, 1.54) is 4.90 Å². The number of cyclic esters (lactones) is 1. The second kappa shape index (κ2) is 8.02. The van der Waals surface area contributed by atoms with Gasteiger partial charge < -0.3 is 20.7 Å². The van der Waals surface area contributed by atoms with Gasteiger partial charge in [-0.3, -0.25) is 4.79 Å². The van der Waals surface area contributed by atoms with Gasteiger partial charge in [-0.15, -0.1) is 0 Å². The van der Waals surface area contributed by atoms with E-state index in [2.05, 4.69) is 5.32 Å². The number of anilines is 1. The van der Waals surface area contributed by atoms with Crippen LogP contribution in [-0.2, 0) is 9.53 Å². The van der Waals surface area contributed by atoms with Gasteiger partial charge in [-0.1, -0.05) is 0 Å². The Morgan fingerprint density at radius 1 is 1.24 bits per heavy atom. The molecule has 0 radical (unpaired) electrons. The van der Waals surface area contributed by atoms with Gasteiger partial charge >= 0.3 is 12.1 Å². The second-order valence-corrected chi connectivity index (χ2v) is 6.79. The molecular weight excluding hydrogens is 393 g/mol. The van der Waals surface area contributed by atoms with Crippen LogP contribution in [0.15, 0.2) is 23.4 Å². The molecule has 3 rings (SSSR count). The predicted octanol–water partition coefficient (Wildman–Crippen LogP) is 2.31. The van der Waals surface area contributed by atoms with Crippen molar-refractivity contribution in [1.82, 2.24) is 9.80 Å². The second-order valence-electron chi connectivity index (χ2n) is 6.79. The number of ether oxygens (including phenoxy) is 1. The van der Waals surface area contributed by atoms with Gasteiger partial charge in [-0.2, -0.15) is 0 Å². The van der Waals surface area contributed by atoms with Crippen LogP contribution < -0.4 is 11.1 Å². The van der Waals surface area contributed by atoms with Crippen LogP contribution in [0, 0.1) is 17.5 Å². The average Bonchev–Trinajstić information content (AvgIpc) is 2.66. The van der Waals surface area contributed by atoms with Crippen LogP contribution in [0.5, 0.6) is 0 Å². The van der Waals surface area contributed by atoms with E-state index in [9.17, 15) is 27.6 Å². The van der Waals surface area contributed by atoms with Crippen molar-refractivity contribution in [1.29, 1.82) is 0 Å². The van der Waals surface area contributed by atoms with Crippen LogP contribution in [0.4, 0.5) is 28.4 Å². The molecule has 0 unspecified atom stereocenters. The van der Waals surface area contributed by atoms with Crippen molar-refractivity contribution in [3.05, 3.63) is 40.9 Å². The van der Waals surface area contributed by atoms with E-state index in [4.69, 9.17) is 10.5 Å². The van der Waals surface area contributed by atoms with Gasteiger partial charge in [-0.05, 0) is 13.3 Å². The van der Waals surface area contributed by atoms with E-state index in [1.54, 1.807) is 6.92 Å². The first-order valence-electron chi connectivity index (χ1n) is 8.87. The van der Waals surface area contributed by atoms with Gasteiger partial charge in [0.25, 0.3) is 5.91 Å². The molecule has 2 heterocycles. The number of imide groups is 1. The summed E-state index contributed by atoms with van der Waals surface area (Å²) in [4.78, 5) is 39.3. The quantitative estimate of drug-likeness (QED) is 0.726. The SMILES string of the molecule is C[C@H]1CC(N)=C(C(=O)N2CCCOC2=O)CN1C(=O)Nc1cc(F)c(F)c(F)c1. The molecule has 11 heteroatoms. The number of nitrogens with zero attached hydrogens (tertiary/aromatic N) is 2. The number of carbonyl (C=O) groups excluding carboxylic acids is 3. The molecule has 1 fully saturated rings. The molecule has 0 aliphatic carbocycles. The maximum Gasteiger partial charge on any atom is 0.416 e. The van der Waals surface area contributed by atoms with Crippen molar-refractivity contribution in [2.24, 2.45) is 5.73 Å². The first-order valence-corrected chi connectivity index (χ1v) is 8.87. The number of nitrogens with two attached hydrogens (primary N) is 1. The molecule has 1 aromatic rings. The average molecular weight is 412 g/mol. The molecule has 0 saturated carbocycles. The molecule has 1 aromatic carbocycles. The number of benzene rings is 1. The smallest absolute Gasteiger partial charge is 0.416 e. The molecule has 1 saturated heterocycles. The third-order valence-corrected chi connectivity index (χ3v) is 4.73. The van der Waals surface area contributed by atoms with E-state index in [-0.39, 0.29) is 43.1 Å². The summed E-state index contributed by atoms with van der Waals surface area (Å²) in [5.74, 6) is -5.20. The molecule has 0 spiro atoms. The third kappa shape index (κ3) is 4.13. The Balaban J connectivity index is 1.77. The molecule has 2 aliphatic rings. The molecule has 29 heavy (non-hydrogen) atoms. The predicted molar refractivity (Wildman–Crippen MR) is 95.0 cm³/mol. The number of nitrogens with one attached hydrogen (secondary N) is 1. The van der Waals surface area contributed by atoms with Crippen LogP contribution in [0.1, 0.15) is 19.8 Å². The van der Waals surface area contributed by atoms with Crippen LogP contribution in [0.3, 0.4) is 0 Å². The van der Waals surface area contributed by atoms with Gasteiger partial charge in [-0.25, -0.2) is 27.7 Å². The summed E-state index contributed by atoms with van der Waals surface area (Å²) in [7, 11) is 0. The topological polar surface area (TPSA) is 105 Å². The third-order valence-electron chi connectivity index (χ3n) is 4.73. The van der Waals surface area contributed by atoms with Crippen LogP contribution in [0.2, 0.25) is 0 Å². The summed E-state index contributed by atoms with van der Waals surface area (Å²) >= 11 is 0. The number of rotatable bonds is 2. The first kappa shape index (κ1) is 20.5. The zero-order valence-electron chi connectivity index (χ0n) is 15.5. The van der Waals surface area contributed by atoms with E-state index in [1.807, 2.05) is 0 Å². The standard InChI is InChI=1S/C18H19F3N4O4/c1-9-5-14(22)11(16(26)24-3-2-4-29-18(24)28)8-25(9)17(27)23-10-6-12(19)15(21)13(20)7-10/h6-7,9H,2-5,8,22H2,1H3,(H,23,27)/t9-/m0/s1. The maximum atomic E-state index is 13.4. The summed E-state index contributed by atoms with van der Waals surface area (Å²) in [6, 6.07) is 0.0903. The number of hydrogen-bond acceptors (Lipinski definition) is 5. The van der Waals surface area contributed by atoms with Crippen LogP contribution in [-0.4, -0.2) is 53.6 Å². The minimum Gasteiger partial charge on any atom is -0.449 e. The Morgan fingerprint density at radius 2 is 1.90 bits per heavy atom. The van der Waals surface area contributed by atoms with Crippen LogP contribution >= 0.6 is 0 Å². The Kier molecular flexibility index (Phi) is 5.66. The van der Waals surface area contributed by atoms with Crippen molar-refractivity contribution in [2.75, 3.05) is 25.0 Å². The van der Waals surface area contributed by atoms with Crippen LogP contribution in [0.25, 0.3) is 0 Å². The summed E-state index contributed by atoms with van der Waals surface area (Å²) in [6.45, 7) is 1.85. The fourth-order valence-electron chi connectivity index (χ4n) is 3.18. The zero-order chi connectivity index (χ0) is 21.3. The van der Waals surface area contributed by atoms with Gasteiger partial charge in [0.1, 0.15) is 0 Å². The van der Waals surface area contributed by atoms with Crippen molar-refractivity contribution in [2.45, 2.75) is 25.8 Å². The van der Waals surface area contributed by atoms with Crippen molar-refractivity contribution >= 4 is 23.7 Å². The molecule has 0 aromatic heterocycles. The number of hydrogen-bond donors (Lipinski definition) is 2. The van der Waals surface area contributed by atoms with E-state index in [0.717, 1.165) is 4.90 Å². The highest BCUT2D eigenvalue weighted by molar-refractivity contribution is 6.04. The van der Waals surface area contributed by atoms with Crippen molar-refractivity contribution in [3.8, 4) is 0 Å². The fraction of sp³-hybridized carbons (Fsp3) is 0.389. The first-order chi connectivity index (χ1) is 13.7. The molecule has 0 bridgehead atoms. The summed E-state index contributed by atoms with van der Waals surface area (Å²) < 4.78 is 44.7. The van der Waals surface area contributed by atoms with Gasteiger partial charge in [0.05, 0.1) is 18.7 Å². The largest absolute Gasteiger partial charge is 0.449 e. The lowest BCUT2D eigenvalue weighted by atomic mass is 9.99. The molecule has 1 atom stereocenters. The monoisotopic (exact) mass is 412 g/mol. The lowest BCUT2D eigenvalue weighted by Gasteiger charge is -2.36. The van der Waals surface area contributed by atoms with Gasteiger partial charge in [0.2, 0.25) is 0 Å². The van der Waals surface area contributed by atoms with Gasteiger partial charge in [0.15, 0.2) is 17.5 Å².